The van der Waals surface area contributed by atoms with Crippen molar-refractivity contribution >= 4 is 43.2 Å². The fourth-order valence-electron chi connectivity index (χ4n) is 2.82. The molecule has 124 valence electrons. The van der Waals surface area contributed by atoms with Gasteiger partial charge in [0.2, 0.25) is 15.9 Å². The molecule has 0 bridgehead atoms. The molecule has 2 heterocycles. The topological polar surface area (TPSA) is 79.4 Å². The first-order chi connectivity index (χ1) is 10.8. The zero-order valence-electron chi connectivity index (χ0n) is 13.1. The highest BCUT2D eigenvalue weighted by molar-refractivity contribution is 7.88. The van der Waals surface area contributed by atoms with Crippen molar-refractivity contribution < 1.29 is 13.2 Å². The number of hydrogen-bond acceptors (Lipinski definition) is 5. The summed E-state index contributed by atoms with van der Waals surface area (Å²) in [5.41, 5.74) is 1.65. The van der Waals surface area contributed by atoms with E-state index in [0.717, 1.165) is 20.9 Å². The Hall–Kier alpha value is -1.51. The van der Waals surface area contributed by atoms with E-state index in [9.17, 15) is 13.2 Å². The third-order valence-electron chi connectivity index (χ3n) is 3.99. The van der Waals surface area contributed by atoms with Gasteiger partial charge in [0.1, 0.15) is 0 Å². The van der Waals surface area contributed by atoms with Crippen LogP contribution in [0.5, 0.6) is 0 Å². The van der Waals surface area contributed by atoms with Crippen molar-refractivity contribution in [1.29, 1.82) is 0 Å². The van der Waals surface area contributed by atoms with E-state index in [0.29, 0.717) is 19.4 Å². The number of aryl methyl sites for hydroxylation is 1. The van der Waals surface area contributed by atoms with Crippen LogP contribution in [-0.4, -0.2) is 43.0 Å². The molecule has 1 aliphatic rings. The molecule has 0 saturated carbocycles. The smallest absolute Gasteiger partial charge is 0.228 e. The Labute approximate surface area is 139 Å². The van der Waals surface area contributed by atoms with E-state index in [1.165, 1.54) is 10.6 Å². The van der Waals surface area contributed by atoms with Crippen molar-refractivity contribution in [2.24, 2.45) is 5.92 Å². The first kappa shape index (κ1) is 16.4. The molecule has 0 radical (unpaired) electrons. The molecule has 1 aromatic heterocycles. The van der Waals surface area contributed by atoms with Gasteiger partial charge < -0.3 is 5.32 Å². The van der Waals surface area contributed by atoms with Crippen molar-refractivity contribution in [3.05, 3.63) is 23.2 Å². The summed E-state index contributed by atoms with van der Waals surface area (Å²) in [6.45, 7) is 2.70. The van der Waals surface area contributed by atoms with Crippen molar-refractivity contribution in [3.8, 4) is 0 Å². The molecule has 2 aromatic rings. The van der Waals surface area contributed by atoms with E-state index in [1.54, 1.807) is 11.3 Å². The van der Waals surface area contributed by atoms with Gasteiger partial charge in [0, 0.05) is 18.8 Å². The lowest BCUT2D eigenvalue weighted by Gasteiger charge is -2.30. The number of piperidine rings is 1. The van der Waals surface area contributed by atoms with Gasteiger partial charge in [-0.05, 0) is 38.0 Å². The third-order valence-corrected chi connectivity index (χ3v) is 6.19. The van der Waals surface area contributed by atoms with Gasteiger partial charge in [-0.2, -0.15) is 0 Å². The molecular weight excluding hydrogens is 334 g/mol. The van der Waals surface area contributed by atoms with Crippen molar-refractivity contribution in [1.82, 2.24) is 9.29 Å². The van der Waals surface area contributed by atoms with Gasteiger partial charge in [-0.25, -0.2) is 17.7 Å². The molecule has 1 fully saturated rings. The molecule has 23 heavy (non-hydrogen) atoms. The van der Waals surface area contributed by atoms with Gasteiger partial charge in [-0.3, -0.25) is 4.79 Å². The number of fused-ring (bicyclic) bond motifs is 1. The Morgan fingerprint density at radius 3 is 2.96 bits per heavy atom. The monoisotopic (exact) mass is 353 g/mol. The molecule has 6 nitrogen and oxygen atoms in total. The minimum absolute atomic E-state index is 0.126. The molecular formula is C15H19N3O3S2. The summed E-state index contributed by atoms with van der Waals surface area (Å²) in [4.78, 5) is 16.8. The Kier molecular flexibility index (Phi) is 4.39. The van der Waals surface area contributed by atoms with Crippen molar-refractivity contribution in [2.75, 3.05) is 24.7 Å². The summed E-state index contributed by atoms with van der Waals surface area (Å²) in [5, 5.41) is 3.89. The summed E-state index contributed by atoms with van der Waals surface area (Å²) >= 11 is 1.58. The number of hydrogen-bond donors (Lipinski definition) is 1. The first-order valence-electron chi connectivity index (χ1n) is 7.46. The molecule has 1 amide bonds. The van der Waals surface area contributed by atoms with Crippen molar-refractivity contribution in [2.45, 2.75) is 19.8 Å². The van der Waals surface area contributed by atoms with Crippen LogP contribution in [-0.2, 0) is 14.8 Å². The maximum atomic E-state index is 12.4. The third kappa shape index (κ3) is 3.70. The van der Waals surface area contributed by atoms with Crippen LogP contribution in [0.25, 0.3) is 10.2 Å². The number of anilines is 1. The number of sulfonamides is 1. The number of thiazole rings is 1. The summed E-state index contributed by atoms with van der Waals surface area (Å²) in [6, 6.07) is 5.63. The lowest BCUT2D eigenvalue weighted by molar-refractivity contribution is -0.120. The summed E-state index contributed by atoms with van der Waals surface area (Å²) in [5.74, 6) is -0.434. The van der Waals surface area contributed by atoms with Gasteiger partial charge in [-0.15, -0.1) is 11.3 Å². The SMILES string of the molecule is Cc1nc2ccc(NC(=O)C3CCCN(S(C)(=O)=O)C3)cc2s1. The molecule has 1 atom stereocenters. The van der Waals surface area contributed by atoms with Crippen molar-refractivity contribution in [3.63, 3.8) is 0 Å². The number of carbonyl (C=O) groups is 1. The molecule has 1 aliphatic heterocycles. The second-order valence-electron chi connectivity index (χ2n) is 5.86. The predicted molar refractivity (Wildman–Crippen MR) is 92.1 cm³/mol. The van der Waals surface area contributed by atoms with E-state index in [1.807, 2.05) is 25.1 Å². The molecule has 3 rings (SSSR count). The number of nitrogens with zero attached hydrogens (tertiary/aromatic N) is 2. The second-order valence-corrected chi connectivity index (χ2v) is 9.08. The zero-order valence-corrected chi connectivity index (χ0v) is 14.7. The van der Waals surface area contributed by atoms with E-state index in [4.69, 9.17) is 0 Å². The quantitative estimate of drug-likeness (QED) is 0.917. The lowest BCUT2D eigenvalue weighted by Crippen LogP contribution is -2.43. The Morgan fingerprint density at radius 2 is 2.22 bits per heavy atom. The number of nitrogens with one attached hydrogen (secondary N) is 1. The Bertz CT molecular complexity index is 845. The van der Waals surface area contributed by atoms with E-state index in [-0.39, 0.29) is 18.4 Å². The minimum atomic E-state index is -3.24. The van der Waals surface area contributed by atoms with Crippen LogP contribution >= 0.6 is 11.3 Å². The number of aromatic nitrogens is 1. The fourth-order valence-corrected chi connectivity index (χ4v) is 4.60. The first-order valence-corrected chi connectivity index (χ1v) is 10.1. The van der Waals surface area contributed by atoms with E-state index in [2.05, 4.69) is 10.3 Å². The molecule has 0 spiro atoms. The van der Waals surface area contributed by atoms with Crippen LogP contribution in [0.2, 0.25) is 0 Å². The number of rotatable bonds is 3. The van der Waals surface area contributed by atoms with E-state index >= 15 is 0 Å². The summed E-state index contributed by atoms with van der Waals surface area (Å²) < 4.78 is 25.7. The minimum Gasteiger partial charge on any atom is -0.326 e. The van der Waals surface area contributed by atoms with Crippen LogP contribution < -0.4 is 5.32 Å². The zero-order chi connectivity index (χ0) is 16.6. The number of amides is 1. The summed E-state index contributed by atoms with van der Waals surface area (Å²) in [7, 11) is -3.24. The van der Waals surface area contributed by atoms with Crippen LogP contribution in [0.1, 0.15) is 17.8 Å². The average molecular weight is 353 g/mol. The Morgan fingerprint density at radius 1 is 1.43 bits per heavy atom. The summed E-state index contributed by atoms with van der Waals surface area (Å²) in [6.07, 6.45) is 2.60. The van der Waals surface area contributed by atoms with Gasteiger partial charge in [-0.1, -0.05) is 0 Å². The highest BCUT2D eigenvalue weighted by Crippen LogP contribution is 2.26. The molecule has 1 saturated heterocycles. The fraction of sp³-hybridized carbons (Fsp3) is 0.467. The molecule has 1 aromatic carbocycles. The molecule has 8 heteroatoms. The van der Waals surface area contributed by atoms with Gasteiger partial charge in [0.05, 0.1) is 27.4 Å². The maximum Gasteiger partial charge on any atom is 0.228 e. The van der Waals surface area contributed by atoms with Crippen LogP contribution in [0.15, 0.2) is 18.2 Å². The maximum absolute atomic E-state index is 12.4. The average Bonchev–Trinajstić information content (AvgIpc) is 2.86. The highest BCUT2D eigenvalue weighted by atomic mass is 32.2. The van der Waals surface area contributed by atoms with Crippen LogP contribution in [0.3, 0.4) is 0 Å². The number of benzene rings is 1. The normalized spacial score (nSPS) is 19.8. The van der Waals surface area contributed by atoms with E-state index < -0.39 is 10.0 Å². The highest BCUT2D eigenvalue weighted by Gasteiger charge is 2.30. The predicted octanol–water partition coefficient (Wildman–Crippen LogP) is 2.21. The molecule has 0 aliphatic carbocycles. The lowest BCUT2D eigenvalue weighted by atomic mass is 9.99. The number of carbonyl (C=O) groups excluding carboxylic acids is 1. The Balaban J connectivity index is 1.72. The van der Waals surface area contributed by atoms with Crippen LogP contribution in [0.4, 0.5) is 5.69 Å². The van der Waals surface area contributed by atoms with Crippen LogP contribution in [0, 0.1) is 12.8 Å². The van der Waals surface area contributed by atoms with Gasteiger partial charge in [0.15, 0.2) is 0 Å². The largest absolute Gasteiger partial charge is 0.326 e. The van der Waals surface area contributed by atoms with Gasteiger partial charge >= 0.3 is 0 Å². The van der Waals surface area contributed by atoms with Gasteiger partial charge in [0.25, 0.3) is 0 Å². The standard InChI is InChI=1S/C15H19N3O3S2/c1-10-16-13-6-5-12(8-14(13)22-10)17-15(19)11-4-3-7-18(9-11)23(2,20)21/h5-6,8,11H,3-4,7,9H2,1-2H3,(H,17,19). The molecule has 1 N–H and O–H groups in total. The molecule has 1 unspecified atom stereocenters. The second kappa shape index (κ2) is 6.18.